The quantitative estimate of drug-likeness (QED) is 0.274. The van der Waals surface area contributed by atoms with E-state index in [9.17, 15) is 13.6 Å². The molecule has 0 fully saturated rings. The lowest BCUT2D eigenvalue weighted by Crippen LogP contribution is -2.25. The molecule has 0 spiro atoms. The van der Waals surface area contributed by atoms with Crippen LogP contribution in [0, 0.1) is 11.6 Å². The third-order valence-corrected chi connectivity index (χ3v) is 6.43. The Kier molecular flexibility index (Phi) is 6.53. The molecule has 0 atom stereocenters. The number of nitrogens with zero attached hydrogens (tertiary/aromatic N) is 3. The van der Waals surface area contributed by atoms with Gasteiger partial charge in [0, 0.05) is 24.9 Å². The Morgan fingerprint density at radius 1 is 0.714 bits per heavy atom. The van der Waals surface area contributed by atoms with Crippen molar-refractivity contribution in [2.75, 3.05) is 0 Å². The van der Waals surface area contributed by atoms with E-state index in [-0.39, 0.29) is 23.2 Å². The normalized spacial score (nSPS) is 11.4. The van der Waals surface area contributed by atoms with Crippen molar-refractivity contribution in [3.8, 4) is 0 Å². The van der Waals surface area contributed by atoms with Crippen LogP contribution in [0.5, 0.6) is 0 Å². The molecule has 0 N–H and O–H groups in total. The van der Waals surface area contributed by atoms with Crippen molar-refractivity contribution < 1.29 is 8.78 Å². The van der Waals surface area contributed by atoms with E-state index >= 15 is 0 Å². The number of aromatic nitrogens is 3. The molecule has 4 nitrogen and oxygen atoms in total. The smallest absolute Gasteiger partial charge is 0.292 e. The van der Waals surface area contributed by atoms with Gasteiger partial charge in [-0.2, -0.15) is 0 Å². The molecule has 5 aromatic rings. The topological polar surface area (TPSA) is 39.8 Å². The molecule has 5 rings (SSSR count). The number of halogens is 2. The predicted octanol–water partition coefficient (Wildman–Crippen LogP) is 6.14. The molecule has 0 aliphatic rings. The predicted molar refractivity (Wildman–Crippen MR) is 133 cm³/mol. The minimum Gasteiger partial charge on any atom is -0.292 e. The van der Waals surface area contributed by atoms with Crippen molar-refractivity contribution in [1.29, 1.82) is 0 Å². The number of benzene rings is 3. The lowest BCUT2D eigenvalue weighted by Gasteiger charge is -2.18. The van der Waals surface area contributed by atoms with Crippen LogP contribution >= 0.6 is 0 Å². The van der Waals surface area contributed by atoms with E-state index < -0.39 is 0 Å². The van der Waals surface area contributed by atoms with Crippen LogP contribution in [0.4, 0.5) is 8.78 Å². The summed E-state index contributed by atoms with van der Waals surface area (Å²) in [6.45, 7) is 1.02. The lowest BCUT2D eigenvalue weighted by molar-refractivity contribution is 0.562. The standard InChI is InChI=1S/C29H25F2N3O/c30-24-11-7-22(8-12-24)26(23-9-13-25(31)14-10-23)4-3-19-33-27-5-1-2-6-28(27)34(29(33)35)20-21-15-17-32-18-16-21/h1-2,5-18,26H,3-4,19-20H2. The van der Waals surface area contributed by atoms with Gasteiger partial charge in [0.2, 0.25) is 0 Å². The second kappa shape index (κ2) is 10.1. The Balaban J connectivity index is 1.42. The molecular weight excluding hydrogens is 444 g/mol. The molecule has 0 aliphatic carbocycles. The third kappa shape index (κ3) is 4.92. The zero-order valence-corrected chi connectivity index (χ0v) is 19.1. The maximum Gasteiger partial charge on any atom is 0.329 e. The van der Waals surface area contributed by atoms with Gasteiger partial charge in [-0.1, -0.05) is 36.4 Å². The van der Waals surface area contributed by atoms with Crippen LogP contribution in [0.15, 0.2) is 102 Å². The summed E-state index contributed by atoms with van der Waals surface area (Å²) in [5.74, 6) is -0.614. The van der Waals surface area contributed by atoms with Gasteiger partial charge in [0.1, 0.15) is 11.6 Å². The van der Waals surface area contributed by atoms with Crippen molar-refractivity contribution in [2.45, 2.75) is 31.8 Å². The number of pyridine rings is 1. The average Bonchev–Trinajstić information content (AvgIpc) is 3.15. The summed E-state index contributed by atoms with van der Waals surface area (Å²) < 4.78 is 30.7. The summed E-state index contributed by atoms with van der Waals surface area (Å²) in [5, 5.41) is 0. The van der Waals surface area contributed by atoms with Crippen molar-refractivity contribution in [3.63, 3.8) is 0 Å². The molecule has 2 heterocycles. The maximum absolute atomic E-state index is 13.5. The number of aryl methyl sites for hydroxylation is 1. The second-order valence-electron chi connectivity index (χ2n) is 8.66. The molecule has 3 aromatic carbocycles. The van der Waals surface area contributed by atoms with E-state index in [1.165, 1.54) is 24.3 Å². The van der Waals surface area contributed by atoms with Gasteiger partial charge < -0.3 is 0 Å². The number of fused-ring (bicyclic) bond motifs is 1. The van der Waals surface area contributed by atoms with Crippen molar-refractivity contribution in [1.82, 2.24) is 14.1 Å². The van der Waals surface area contributed by atoms with Gasteiger partial charge in [-0.15, -0.1) is 0 Å². The van der Waals surface area contributed by atoms with Crippen molar-refractivity contribution in [3.05, 3.63) is 136 Å². The summed E-state index contributed by atoms with van der Waals surface area (Å²) in [5.41, 5.74) is 4.67. The highest BCUT2D eigenvalue weighted by Crippen LogP contribution is 2.30. The maximum atomic E-state index is 13.5. The van der Waals surface area contributed by atoms with Crippen molar-refractivity contribution >= 4 is 11.0 Å². The van der Waals surface area contributed by atoms with Gasteiger partial charge in [-0.3, -0.25) is 14.1 Å². The number of rotatable bonds is 8. The van der Waals surface area contributed by atoms with E-state index in [2.05, 4.69) is 4.98 Å². The van der Waals surface area contributed by atoms with Gasteiger partial charge in [0.25, 0.3) is 0 Å². The minimum absolute atomic E-state index is 0.0305. The van der Waals surface area contributed by atoms with E-state index in [1.807, 2.05) is 41.0 Å². The molecule has 0 amide bonds. The molecule has 2 aromatic heterocycles. The summed E-state index contributed by atoms with van der Waals surface area (Å²) in [6, 6.07) is 24.5. The molecule has 6 heteroatoms. The van der Waals surface area contributed by atoms with E-state index in [4.69, 9.17) is 0 Å². The molecule has 176 valence electrons. The third-order valence-electron chi connectivity index (χ3n) is 6.43. The SMILES string of the molecule is O=c1n(CCCC(c2ccc(F)cc2)c2ccc(F)cc2)c2ccccc2n1Cc1ccncc1. The van der Waals surface area contributed by atoms with Gasteiger partial charge in [-0.05, 0) is 78.1 Å². The molecule has 0 aliphatic heterocycles. The first kappa shape index (κ1) is 22.7. The molecule has 0 bridgehead atoms. The summed E-state index contributed by atoms with van der Waals surface area (Å²) in [7, 11) is 0. The first-order valence-corrected chi connectivity index (χ1v) is 11.7. The van der Waals surface area contributed by atoms with Crippen LogP contribution in [-0.2, 0) is 13.1 Å². The number of hydrogen-bond acceptors (Lipinski definition) is 2. The van der Waals surface area contributed by atoms with Crippen LogP contribution in [0.25, 0.3) is 11.0 Å². The Labute approximate surface area is 202 Å². The second-order valence-corrected chi connectivity index (χ2v) is 8.66. The Morgan fingerprint density at radius 3 is 1.83 bits per heavy atom. The van der Waals surface area contributed by atoms with E-state index in [1.54, 1.807) is 41.2 Å². The zero-order chi connectivity index (χ0) is 24.2. The Bertz CT molecular complexity index is 1430. The Hall–Kier alpha value is -4.06. The summed E-state index contributed by atoms with van der Waals surface area (Å²) in [4.78, 5) is 17.5. The van der Waals surface area contributed by atoms with Crippen LogP contribution in [0.2, 0.25) is 0 Å². The summed E-state index contributed by atoms with van der Waals surface area (Å²) >= 11 is 0. The fourth-order valence-electron chi connectivity index (χ4n) is 4.68. The average molecular weight is 470 g/mol. The number of hydrogen-bond donors (Lipinski definition) is 0. The highest BCUT2D eigenvalue weighted by atomic mass is 19.1. The molecule has 0 unspecified atom stereocenters. The number of para-hydroxylation sites is 2. The fourth-order valence-corrected chi connectivity index (χ4v) is 4.68. The minimum atomic E-state index is -0.292. The van der Waals surface area contributed by atoms with Gasteiger partial charge in [-0.25, -0.2) is 13.6 Å². The van der Waals surface area contributed by atoms with Crippen LogP contribution in [0.1, 0.15) is 35.4 Å². The highest BCUT2D eigenvalue weighted by Gasteiger charge is 2.17. The number of imidazole rings is 1. The zero-order valence-electron chi connectivity index (χ0n) is 19.1. The first-order valence-electron chi connectivity index (χ1n) is 11.7. The molecular formula is C29H25F2N3O. The fraction of sp³-hybridized carbons (Fsp3) is 0.172. The van der Waals surface area contributed by atoms with Crippen LogP contribution in [-0.4, -0.2) is 14.1 Å². The summed E-state index contributed by atoms with van der Waals surface area (Å²) in [6.07, 6.45) is 4.91. The molecule has 0 saturated carbocycles. The highest BCUT2D eigenvalue weighted by molar-refractivity contribution is 5.76. The van der Waals surface area contributed by atoms with E-state index in [0.717, 1.165) is 40.6 Å². The van der Waals surface area contributed by atoms with Crippen molar-refractivity contribution in [2.24, 2.45) is 0 Å². The van der Waals surface area contributed by atoms with E-state index in [0.29, 0.717) is 13.1 Å². The van der Waals surface area contributed by atoms with Crippen LogP contribution < -0.4 is 5.69 Å². The van der Waals surface area contributed by atoms with Gasteiger partial charge in [0.05, 0.1) is 17.6 Å². The van der Waals surface area contributed by atoms with Crippen LogP contribution in [0.3, 0.4) is 0 Å². The molecule has 0 radical (unpaired) electrons. The molecule has 35 heavy (non-hydrogen) atoms. The first-order chi connectivity index (χ1) is 17.1. The Morgan fingerprint density at radius 2 is 1.26 bits per heavy atom. The lowest BCUT2D eigenvalue weighted by atomic mass is 9.87. The van der Waals surface area contributed by atoms with Gasteiger partial charge in [0.15, 0.2) is 0 Å². The largest absolute Gasteiger partial charge is 0.329 e. The molecule has 0 saturated heterocycles. The van der Waals surface area contributed by atoms with Gasteiger partial charge >= 0.3 is 5.69 Å². The monoisotopic (exact) mass is 469 g/mol.